The van der Waals surface area contributed by atoms with E-state index in [1.807, 2.05) is 30.3 Å². The summed E-state index contributed by atoms with van der Waals surface area (Å²) in [5.74, 6) is 0.212. The van der Waals surface area contributed by atoms with E-state index in [4.69, 9.17) is 0 Å². The molecule has 0 amide bonds. The monoisotopic (exact) mass is 753 g/mol. The lowest BCUT2D eigenvalue weighted by Gasteiger charge is -2.13. The molecule has 0 aliphatic carbocycles. The first kappa shape index (κ1) is 46.9. The lowest BCUT2D eigenvalue weighted by Crippen LogP contribution is -2.44. The Bertz CT molecular complexity index is 1350. The number of aryl methyl sites for hydroxylation is 1. The van der Waals surface area contributed by atoms with Gasteiger partial charge in [0, 0.05) is 29.0 Å². The maximum absolute atomic E-state index is 13.6. The predicted octanol–water partition coefficient (Wildman–Crippen LogP) is 16.6. The van der Waals surface area contributed by atoms with Crippen molar-refractivity contribution in [1.29, 1.82) is 0 Å². The molecular formula is C53H86NO+. The largest absolute Gasteiger partial charge is 0.287 e. The van der Waals surface area contributed by atoms with E-state index < -0.39 is 0 Å². The summed E-state index contributed by atoms with van der Waals surface area (Å²) in [5.41, 5.74) is 4.91. The van der Waals surface area contributed by atoms with Crippen LogP contribution in [0.4, 0.5) is 0 Å². The van der Waals surface area contributed by atoms with Crippen LogP contribution in [0.15, 0.2) is 60.7 Å². The van der Waals surface area contributed by atoms with Crippen molar-refractivity contribution in [1.82, 2.24) is 0 Å². The van der Waals surface area contributed by atoms with Crippen molar-refractivity contribution in [3.63, 3.8) is 0 Å². The minimum atomic E-state index is 0.212. The number of benzene rings is 2. The number of Topliss-reactive ketones (excluding diaryl/α,β-unsaturated/α-hetero) is 1. The Hall–Kier alpha value is -2.48. The van der Waals surface area contributed by atoms with E-state index in [1.165, 1.54) is 228 Å². The molecule has 308 valence electrons. The number of hydrogen-bond acceptors (Lipinski definition) is 1. The molecule has 0 atom stereocenters. The highest BCUT2D eigenvalue weighted by molar-refractivity contribution is 5.95. The number of rotatable bonds is 37. The van der Waals surface area contributed by atoms with Crippen molar-refractivity contribution < 1.29 is 9.36 Å². The van der Waals surface area contributed by atoms with Gasteiger partial charge in [0.25, 0.3) is 0 Å². The lowest BCUT2D eigenvalue weighted by molar-refractivity contribution is -0.665. The number of carbonyl (C=O) groups is 1. The van der Waals surface area contributed by atoms with Crippen LogP contribution in [0, 0.1) is 0 Å². The highest BCUT2D eigenvalue weighted by Gasteiger charge is 2.24. The van der Waals surface area contributed by atoms with Crippen LogP contribution in [0.1, 0.15) is 241 Å². The first-order chi connectivity index (χ1) is 27.2. The molecule has 2 nitrogen and oxygen atoms in total. The first-order valence-electron chi connectivity index (χ1n) is 24.3. The fourth-order valence-corrected chi connectivity index (χ4v) is 8.70. The minimum absolute atomic E-state index is 0.212. The zero-order valence-corrected chi connectivity index (χ0v) is 36.4. The Balaban J connectivity index is 1.42. The summed E-state index contributed by atoms with van der Waals surface area (Å²) in [6.07, 6.45) is 46.9. The molecule has 0 bridgehead atoms. The molecule has 2 aromatic carbocycles. The topological polar surface area (TPSA) is 20.9 Å². The summed E-state index contributed by atoms with van der Waals surface area (Å²) in [6, 6.07) is 21.1. The second-order valence-corrected chi connectivity index (χ2v) is 17.2. The fraction of sp³-hybridized carbons (Fsp3) is 0.698. The average Bonchev–Trinajstić information content (AvgIpc) is 3.21. The smallest absolute Gasteiger partial charge is 0.227 e. The molecule has 0 N–H and O–H groups in total. The number of nitrogens with zero attached hydrogens (tertiary/aromatic N) is 1. The molecule has 0 unspecified atom stereocenters. The Morgan fingerprint density at radius 2 is 0.782 bits per heavy atom. The van der Waals surface area contributed by atoms with Gasteiger partial charge in [-0.25, -0.2) is 0 Å². The number of pyridine rings is 1. The van der Waals surface area contributed by atoms with Crippen molar-refractivity contribution in [2.45, 2.75) is 239 Å². The SMILES string of the molecule is CCCCCCCCCCCCCCCCCCc1cc2ccccc2[n+](CC(=O)c2ccccc2)c1CCCCCCCCCCCCCCCCCC. The molecule has 55 heavy (non-hydrogen) atoms. The number of aromatic nitrogens is 1. The lowest BCUT2D eigenvalue weighted by atomic mass is 9.97. The number of ketones is 1. The molecule has 3 rings (SSSR count). The number of para-hydroxylation sites is 1. The van der Waals surface area contributed by atoms with Gasteiger partial charge < -0.3 is 0 Å². The van der Waals surface area contributed by atoms with Crippen LogP contribution in [0.5, 0.6) is 0 Å². The molecule has 0 saturated carbocycles. The number of unbranched alkanes of at least 4 members (excludes halogenated alkanes) is 30. The standard InChI is InChI=1S/C53H86NO/c1-3-5-7-9-11-13-15-17-19-21-23-25-27-29-31-34-42-49-46-50-43-38-39-45-52(50)54(47-53(55)48-40-35-33-36-41-48)51(49)44-37-32-30-28-26-24-22-20-18-16-14-12-10-8-6-4-2/h33,35-36,38-41,43,45-46H,3-32,34,37,42,44,47H2,1-2H3/q+1. The summed E-state index contributed by atoms with van der Waals surface area (Å²) < 4.78 is 2.40. The third kappa shape index (κ3) is 21.6. The van der Waals surface area contributed by atoms with Gasteiger partial charge in [-0.15, -0.1) is 0 Å². The van der Waals surface area contributed by atoms with Gasteiger partial charge in [0.1, 0.15) is 0 Å². The Kier molecular flexibility index (Phi) is 27.8. The number of hydrogen-bond donors (Lipinski definition) is 0. The molecule has 0 aliphatic heterocycles. The molecule has 1 heterocycles. The van der Waals surface area contributed by atoms with Gasteiger partial charge in [-0.3, -0.25) is 4.79 Å². The molecule has 2 heteroatoms. The minimum Gasteiger partial charge on any atom is -0.287 e. The van der Waals surface area contributed by atoms with E-state index in [9.17, 15) is 4.79 Å². The first-order valence-corrected chi connectivity index (χ1v) is 24.3. The predicted molar refractivity (Wildman–Crippen MR) is 241 cm³/mol. The summed E-state index contributed by atoms with van der Waals surface area (Å²) in [7, 11) is 0. The van der Waals surface area contributed by atoms with Gasteiger partial charge >= 0.3 is 0 Å². The van der Waals surface area contributed by atoms with Gasteiger partial charge in [0.05, 0.1) is 0 Å². The Morgan fingerprint density at radius 1 is 0.418 bits per heavy atom. The van der Waals surface area contributed by atoms with Crippen LogP contribution in [0.2, 0.25) is 0 Å². The summed E-state index contributed by atoms with van der Waals surface area (Å²) >= 11 is 0. The Morgan fingerprint density at radius 3 is 1.22 bits per heavy atom. The zero-order chi connectivity index (χ0) is 38.9. The van der Waals surface area contributed by atoms with Crippen LogP contribution < -0.4 is 4.57 Å². The second kappa shape index (κ2) is 32.6. The van der Waals surface area contributed by atoms with Crippen molar-refractivity contribution in [2.75, 3.05) is 0 Å². The van der Waals surface area contributed by atoms with Crippen LogP contribution in [0.3, 0.4) is 0 Å². The van der Waals surface area contributed by atoms with Gasteiger partial charge in [0.15, 0.2) is 5.69 Å². The van der Waals surface area contributed by atoms with Crippen LogP contribution in [-0.4, -0.2) is 5.78 Å². The van der Waals surface area contributed by atoms with Gasteiger partial charge in [0.2, 0.25) is 17.8 Å². The quantitative estimate of drug-likeness (QED) is 0.0326. The van der Waals surface area contributed by atoms with E-state index in [-0.39, 0.29) is 5.78 Å². The van der Waals surface area contributed by atoms with E-state index >= 15 is 0 Å². The average molecular weight is 753 g/mol. The molecular weight excluding hydrogens is 667 g/mol. The third-order valence-electron chi connectivity index (χ3n) is 12.2. The molecule has 3 aromatic rings. The summed E-state index contributed by atoms with van der Waals surface area (Å²) in [6.45, 7) is 5.03. The van der Waals surface area contributed by atoms with Crippen molar-refractivity contribution in [3.8, 4) is 0 Å². The van der Waals surface area contributed by atoms with Crippen LogP contribution in [0.25, 0.3) is 10.9 Å². The molecule has 1 aromatic heterocycles. The van der Waals surface area contributed by atoms with Crippen LogP contribution in [-0.2, 0) is 19.4 Å². The maximum Gasteiger partial charge on any atom is 0.227 e. The molecule has 0 fully saturated rings. The van der Waals surface area contributed by atoms with E-state index in [0.29, 0.717) is 6.54 Å². The third-order valence-corrected chi connectivity index (χ3v) is 12.2. The van der Waals surface area contributed by atoms with Crippen LogP contribution >= 0.6 is 0 Å². The number of fused-ring (bicyclic) bond motifs is 1. The van der Waals surface area contributed by atoms with Crippen molar-refractivity contribution >= 4 is 16.7 Å². The van der Waals surface area contributed by atoms with E-state index in [0.717, 1.165) is 18.4 Å². The highest BCUT2D eigenvalue weighted by atomic mass is 16.1. The zero-order valence-electron chi connectivity index (χ0n) is 36.4. The maximum atomic E-state index is 13.6. The van der Waals surface area contributed by atoms with Gasteiger partial charge in [-0.1, -0.05) is 249 Å². The number of carbonyl (C=O) groups excluding carboxylic acids is 1. The summed E-state index contributed by atoms with van der Waals surface area (Å²) in [4.78, 5) is 13.6. The fourth-order valence-electron chi connectivity index (χ4n) is 8.70. The highest BCUT2D eigenvalue weighted by Crippen LogP contribution is 2.22. The van der Waals surface area contributed by atoms with Gasteiger partial charge in [-0.05, 0) is 31.4 Å². The second-order valence-electron chi connectivity index (χ2n) is 17.2. The Labute approximate surface area is 341 Å². The normalized spacial score (nSPS) is 11.5. The van der Waals surface area contributed by atoms with Crippen molar-refractivity contribution in [2.24, 2.45) is 0 Å². The summed E-state index contributed by atoms with van der Waals surface area (Å²) in [5, 5.41) is 1.27. The molecule has 0 spiro atoms. The van der Waals surface area contributed by atoms with E-state index in [2.05, 4.69) is 48.7 Å². The van der Waals surface area contributed by atoms with Crippen molar-refractivity contribution in [3.05, 3.63) is 77.5 Å². The van der Waals surface area contributed by atoms with Gasteiger partial charge in [-0.2, -0.15) is 4.57 Å². The molecule has 0 saturated heterocycles. The molecule has 0 aliphatic rings. The van der Waals surface area contributed by atoms with E-state index in [1.54, 1.807) is 0 Å². The molecule has 0 radical (unpaired) electrons.